The summed E-state index contributed by atoms with van der Waals surface area (Å²) in [6.07, 6.45) is 0. The van der Waals surface area contributed by atoms with Crippen molar-refractivity contribution < 1.29 is 9.53 Å². The van der Waals surface area contributed by atoms with Gasteiger partial charge < -0.3 is 19.5 Å². The summed E-state index contributed by atoms with van der Waals surface area (Å²) in [6, 6.07) is 15.5. The Kier molecular flexibility index (Phi) is 6.77. The van der Waals surface area contributed by atoms with E-state index in [-0.39, 0.29) is 11.7 Å². The van der Waals surface area contributed by atoms with E-state index in [1.807, 2.05) is 55.9 Å². The molecule has 1 heterocycles. The number of hydrogen-bond donors (Lipinski definition) is 1. The normalized spacial score (nSPS) is 10.6. The Hall–Kier alpha value is -3.00. The fourth-order valence-corrected chi connectivity index (χ4v) is 3.63. The van der Waals surface area contributed by atoms with Crippen molar-refractivity contribution in [2.45, 2.75) is 18.6 Å². The van der Waals surface area contributed by atoms with Gasteiger partial charge in [0.05, 0.1) is 12.9 Å². The molecule has 0 spiro atoms. The summed E-state index contributed by atoms with van der Waals surface area (Å²) in [6.45, 7) is 2.76. The number of carbonyl (C=O) groups is 1. The lowest BCUT2D eigenvalue weighted by atomic mass is 10.2. The van der Waals surface area contributed by atoms with Gasteiger partial charge >= 0.3 is 0 Å². The minimum atomic E-state index is -0.106. The van der Waals surface area contributed by atoms with Gasteiger partial charge in [0.25, 0.3) is 0 Å². The van der Waals surface area contributed by atoms with Crippen molar-refractivity contribution in [1.82, 2.24) is 14.8 Å². The topological polar surface area (TPSA) is 72.3 Å². The molecule has 3 rings (SSSR count). The van der Waals surface area contributed by atoms with Crippen LogP contribution in [0.2, 0.25) is 0 Å². The highest BCUT2D eigenvalue weighted by Crippen LogP contribution is 2.26. The molecule has 0 radical (unpaired) electrons. The largest absolute Gasteiger partial charge is 0.497 e. The average Bonchev–Trinajstić information content (AvgIpc) is 3.15. The second kappa shape index (κ2) is 9.47. The first-order valence-corrected chi connectivity index (χ1v) is 10.3. The van der Waals surface area contributed by atoms with Gasteiger partial charge in [0.15, 0.2) is 11.0 Å². The van der Waals surface area contributed by atoms with E-state index in [9.17, 15) is 4.79 Å². The molecule has 29 heavy (non-hydrogen) atoms. The fourth-order valence-electron chi connectivity index (χ4n) is 2.83. The Morgan fingerprint density at radius 1 is 1.17 bits per heavy atom. The number of nitrogens with zero attached hydrogens (tertiary/aromatic N) is 4. The Labute approximate surface area is 175 Å². The number of methoxy groups -OCH3 is 1. The lowest BCUT2D eigenvalue weighted by Crippen LogP contribution is -2.14. The van der Waals surface area contributed by atoms with Gasteiger partial charge in [-0.05, 0) is 43.3 Å². The van der Waals surface area contributed by atoms with Gasteiger partial charge in [-0.2, -0.15) is 0 Å². The van der Waals surface area contributed by atoms with E-state index in [2.05, 4.69) is 32.5 Å². The standard InChI is InChI=1S/C21H25N5O2S/c1-5-26-20(15-9-11-17(12-10-15)25(2)3)23-24-21(26)29-14-19(27)22-16-7-6-8-18(13-16)28-4/h6-13H,5,14H2,1-4H3,(H,22,27). The molecule has 3 aromatic rings. The average molecular weight is 412 g/mol. The first kappa shape index (κ1) is 20.7. The lowest BCUT2D eigenvalue weighted by molar-refractivity contribution is -0.113. The molecule has 2 aromatic carbocycles. The van der Waals surface area contributed by atoms with Crippen LogP contribution in [0.3, 0.4) is 0 Å². The van der Waals surface area contributed by atoms with Crippen molar-refractivity contribution >= 4 is 29.0 Å². The molecule has 152 valence electrons. The van der Waals surface area contributed by atoms with E-state index < -0.39 is 0 Å². The van der Waals surface area contributed by atoms with Crippen LogP contribution in [0, 0.1) is 0 Å². The number of anilines is 2. The summed E-state index contributed by atoms with van der Waals surface area (Å²) in [5.74, 6) is 1.64. The number of rotatable bonds is 8. The summed E-state index contributed by atoms with van der Waals surface area (Å²) in [7, 11) is 5.61. The maximum absolute atomic E-state index is 12.3. The second-order valence-corrected chi connectivity index (χ2v) is 7.50. The number of thioether (sulfide) groups is 1. The Balaban J connectivity index is 1.67. The zero-order valence-corrected chi connectivity index (χ0v) is 17.9. The summed E-state index contributed by atoms with van der Waals surface area (Å²) >= 11 is 1.37. The van der Waals surface area contributed by atoms with Crippen LogP contribution in [-0.2, 0) is 11.3 Å². The highest BCUT2D eigenvalue weighted by Gasteiger charge is 2.15. The minimum absolute atomic E-state index is 0.106. The molecular weight excluding hydrogens is 386 g/mol. The van der Waals surface area contributed by atoms with Crippen LogP contribution in [-0.4, -0.2) is 47.6 Å². The van der Waals surface area contributed by atoms with Crippen LogP contribution in [0.5, 0.6) is 5.75 Å². The van der Waals surface area contributed by atoms with Crippen LogP contribution in [0.25, 0.3) is 11.4 Å². The number of aromatic nitrogens is 3. The molecule has 1 amide bonds. The predicted octanol–water partition coefficient (Wildman–Crippen LogP) is 3.77. The summed E-state index contributed by atoms with van der Waals surface area (Å²) in [5.41, 5.74) is 2.83. The van der Waals surface area contributed by atoms with Crippen molar-refractivity contribution in [3.05, 3.63) is 48.5 Å². The molecule has 0 atom stereocenters. The van der Waals surface area contributed by atoms with Gasteiger partial charge in [-0.3, -0.25) is 4.79 Å². The molecule has 0 aliphatic heterocycles. The van der Waals surface area contributed by atoms with Crippen molar-refractivity contribution in [3.8, 4) is 17.1 Å². The third kappa shape index (κ3) is 5.08. The molecule has 1 aromatic heterocycles. The zero-order valence-electron chi connectivity index (χ0n) is 17.0. The maximum Gasteiger partial charge on any atom is 0.234 e. The Morgan fingerprint density at radius 2 is 1.93 bits per heavy atom. The van der Waals surface area contributed by atoms with E-state index in [0.717, 1.165) is 28.8 Å². The van der Waals surface area contributed by atoms with Crippen LogP contribution in [0.4, 0.5) is 11.4 Å². The molecule has 0 unspecified atom stereocenters. The van der Waals surface area contributed by atoms with Gasteiger partial charge in [-0.15, -0.1) is 10.2 Å². The summed E-state index contributed by atoms with van der Waals surface area (Å²) in [4.78, 5) is 14.4. The molecule has 7 nitrogen and oxygen atoms in total. The summed E-state index contributed by atoms with van der Waals surface area (Å²) < 4.78 is 7.20. The zero-order chi connectivity index (χ0) is 20.8. The van der Waals surface area contributed by atoms with E-state index >= 15 is 0 Å². The van der Waals surface area contributed by atoms with Gasteiger partial charge in [-0.25, -0.2) is 0 Å². The van der Waals surface area contributed by atoms with Crippen molar-refractivity contribution in [3.63, 3.8) is 0 Å². The molecular formula is C21H25N5O2S. The molecule has 0 saturated carbocycles. The van der Waals surface area contributed by atoms with Crippen LogP contribution >= 0.6 is 11.8 Å². The number of ether oxygens (including phenoxy) is 1. The van der Waals surface area contributed by atoms with Crippen molar-refractivity contribution in [2.75, 3.05) is 37.2 Å². The number of nitrogens with one attached hydrogen (secondary N) is 1. The van der Waals surface area contributed by atoms with E-state index in [1.165, 1.54) is 11.8 Å². The molecule has 8 heteroatoms. The van der Waals surface area contributed by atoms with Gasteiger partial charge in [0.2, 0.25) is 5.91 Å². The molecule has 0 aliphatic carbocycles. The number of amides is 1. The van der Waals surface area contributed by atoms with E-state index in [0.29, 0.717) is 11.4 Å². The van der Waals surface area contributed by atoms with Crippen molar-refractivity contribution in [2.24, 2.45) is 0 Å². The fraction of sp³-hybridized carbons (Fsp3) is 0.286. The van der Waals surface area contributed by atoms with Gasteiger partial charge in [-0.1, -0.05) is 17.8 Å². The molecule has 1 N–H and O–H groups in total. The van der Waals surface area contributed by atoms with Gasteiger partial charge in [0, 0.05) is 43.6 Å². The number of benzene rings is 2. The van der Waals surface area contributed by atoms with Crippen molar-refractivity contribution in [1.29, 1.82) is 0 Å². The third-order valence-corrected chi connectivity index (χ3v) is 5.33. The quantitative estimate of drug-likeness (QED) is 0.569. The van der Waals surface area contributed by atoms with Crippen LogP contribution in [0.15, 0.2) is 53.7 Å². The number of hydrogen-bond acceptors (Lipinski definition) is 6. The smallest absolute Gasteiger partial charge is 0.234 e. The molecule has 0 aliphatic rings. The lowest BCUT2D eigenvalue weighted by Gasteiger charge is -2.13. The summed E-state index contributed by atoms with van der Waals surface area (Å²) in [5, 5.41) is 12.2. The predicted molar refractivity (Wildman–Crippen MR) is 118 cm³/mol. The number of carbonyl (C=O) groups excluding carboxylic acids is 1. The first-order chi connectivity index (χ1) is 14.0. The molecule has 0 bridgehead atoms. The van der Waals surface area contributed by atoms with Crippen LogP contribution < -0.4 is 15.0 Å². The molecule has 0 fully saturated rings. The highest BCUT2D eigenvalue weighted by atomic mass is 32.2. The Morgan fingerprint density at radius 3 is 2.59 bits per heavy atom. The SMILES string of the molecule is CCn1c(SCC(=O)Nc2cccc(OC)c2)nnc1-c1ccc(N(C)C)cc1. The second-order valence-electron chi connectivity index (χ2n) is 6.56. The van der Waals surface area contributed by atoms with Gasteiger partial charge in [0.1, 0.15) is 5.75 Å². The highest BCUT2D eigenvalue weighted by molar-refractivity contribution is 7.99. The van der Waals surface area contributed by atoms with E-state index in [4.69, 9.17) is 4.74 Å². The monoisotopic (exact) mass is 411 g/mol. The van der Waals surface area contributed by atoms with E-state index in [1.54, 1.807) is 13.2 Å². The Bertz CT molecular complexity index is 969. The minimum Gasteiger partial charge on any atom is -0.497 e. The maximum atomic E-state index is 12.3. The van der Waals surface area contributed by atoms with Crippen LogP contribution in [0.1, 0.15) is 6.92 Å². The molecule has 0 saturated heterocycles. The first-order valence-electron chi connectivity index (χ1n) is 9.29. The third-order valence-electron chi connectivity index (χ3n) is 4.36.